The first-order chi connectivity index (χ1) is 13.0. The second-order valence-electron chi connectivity index (χ2n) is 5.46. The van der Waals surface area contributed by atoms with Gasteiger partial charge in [0.05, 0.1) is 33.8 Å². The van der Waals surface area contributed by atoms with Crippen LogP contribution in [0.3, 0.4) is 0 Å². The third-order valence-corrected chi connectivity index (χ3v) is 6.12. The molecule has 0 amide bonds. The highest BCUT2D eigenvalue weighted by Gasteiger charge is 2.15. The number of hydrogen-bond donors (Lipinski definition) is 0. The van der Waals surface area contributed by atoms with E-state index in [1.54, 1.807) is 47.9 Å². The summed E-state index contributed by atoms with van der Waals surface area (Å²) in [6.45, 7) is 2.16. The van der Waals surface area contributed by atoms with Crippen molar-refractivity contribution < 1.29 is 17.9 Å². The quantitative estimate of drug-likeness (QED) is 0.487. The molecule has 0 spiro atoms. The Labute approximate surface area is 160 Å². The number of carbonyl (C=O) groups excluding carboxylic acids is 1. The van der Waals surface area contributed by atoms with Crippen molar-refractivity contribution in [2.75, 3.05) is 6.61 Å². The first kappa shape index (κ1) is 18.9. The minimum atomic E-state index is -3.88. The van der Waals surface area contributed by atoms with Gasteiger partial charge < -0.3 is 9.30 Å². The highest BCUT2D eigenvalue weighted by atomic mass is 32.2. The molecule has 2 aromatic carbocycles. The van der Waals surface area contributed by atoms with E-state index < -0.39 is 16.0 Å². The standard InChI is InChI=1S/C19H16N2O4S2/c1-3-12-21-16-11-10-14(18(22)25-4-2)13-17(16)26-19(21)20-27(23,24)15-8-6-5-7-9-15/h1,5-11,13H,4,12H2,2H3. The fourth-order valence-corrected chi connectivity index (χ4v) is 4.77. The summed E-state index contributed by atoms with van der Waals surface area (Å²) in [4.78, 5) is 12.3. The molecule has 0 unspecified atom stereocenters. The lowest BCUT2D eigenvalue weighted by Gasteiger charge is -2.03. The van der Waals surface area contributed by atoms with E-state index in [4.69, 9.17) is 11.2 Å². The smallest absolute Gasteiger partial charge is 0.338 e. The van der Waals surface area contributed by atoms with Crippen molar-refractivity contribution in [1.29, 1.82) is 0 Å². The van der Waals surface area contributed by atoms with Gasteiger partial charge in [-0.1, -0.05) is 35.5 Å². The van der Waals surface area contributed by atoms with Crippen LogP contribution in [0.15, 0.2) is 57.8 Å². The van der Waals surface area contributed by atoms with Gasteiger partial charge in [-0.3, -0.25) is 0 Å². The van der Waals surface area contributed by atoms with Gasteiger partial charge in [-0.15, -0.1) is 10.8 Å². The Hall–Kier alpha value is -2.89. The largest absolute Gasteiger partial charge is 0.462 e. The van der Waals surface area contributed by atoms with Crippen LogP contribution in [0.5, 0.6) is 0 Å². The summed E-state index contributed by atoms with van der Waals surface area (Å²) in [5.41, 5.74) is 1.09. The number of hydrogen-bond acceptors (Lipinski definition) is 5. The number of ether oxygens (including phenoxy) is 1. The van der Waals surface area contributed by atoms with Gasteiger partial charge in [0.15, 0.2) is 0 Å². The molecule has 3 rings (SSSR count). The van der Waals surface area contributed by atoms with E-state index >= 15 is 0 Å². The molecular weight excluding hydrogens is 384 g/mol. The molecule has 1 aromatic heterocycles. The van der Waals surface area contributed by atoms with Gasteiger partial charge in [0.1, 0.15) is 0 Å². The van der Waals surface area contributed by atoms with Crippen LogP contribution >= 0.6 is 11.3 Å². The van der Waals surface area contributed by atoms with Gasteiger partial charge in [0, 0.05) is 0 Å². The van der Waals surface area contributed by atoms with E-state index in [2.05, 4.69) is 10.3 Å². The maximum Gasteiger partial charge on any atom is 0.338 e. The lowest BCUT2D eigenvalue weighted by molar-refractivity contribution is 0.0526. The first-order valence-corrected chi connectivity index (χ1v) is 10.3. The van der Waals surface area contributed by atoms with E-state index in [-0.39, 0.29) is 22.8 Å². The normalized spacial score (nSPS) is 12.1. The number of aromatic nitrogens is 1. The molecule has 0 aliphatic rings. The van der Waals surface area contributed by atoms with Crippen molar-refractivity contribution >= 4 is 37.5 Å². The summed E-state index contributed by atoms with van der Waals surface area (Å²) in [6, 6.07) is 12.9. The van der Waals surface area contributed by atoms with Crippen LogP contribution in [-0.2, 0) is 21.3 Å². The van der Waals surface area contributed by atoms with Crippen molar-refractivity contribution in [1.82, 2.24) is 4.57 Å². The SMILES string of the molecule is C#CCn1c(=NS(=O)(=O)c2ccccc2)sc2cc(C(=O)OCC)ccc21. The molecular formula is C19H16N2O4S2. The van der Waals surface area contributed by atoms with Crippen LogP contribution in [0.25, 0.3) is 10.2 Å². The molecule has 0 atom stereocenters. The second-order valence-corrected chi connectivity index (χ2v) is 8.07. The molecule has 0 saturated carbocycles. The fourth-order valence-electron chi connectivity index (χ4n) is 2.48. The fraction of sp³-hybridized carbons (Fsp3) is 0.158. The van der Waals surface area contributed by atoms with E-state index in [9.17, 15) is 13.2 Å². The number of sulfonamides is 1. The van der Waals surface area contributed by atoms with Crippen molar-refractivity contribution in [2.45, 2.75) is 18.4 Å². The number of nitrogens with zero attached hydrogens (tertiary/aromatic N) is 2. The molecule has 0 aliphatic heterocycles. The number of rotatable bonds is 5. The van der Waals surface area contributed by atoms with Gasteiger partial charge in [0.2, 0.25) is 4.80 Å². The monoisotopic (exact) mass is 400 g/mol. The Morgan fingerprint density at radius 1 is 1.26 bits per heavy atom. The van der Waals surface area contributed by atoms with Crippen molar-refractivity contribution in [3.8, 4) is 12.3 Å². The zero-order valence-corrected chi connectivity index (χ0v) is 16.1. The van der Waals surface area contributed by atoms with Gasteiger partial charge in [-0.2, -0.15) is 8.42 Å². The molecule has 138 valence electrons. The Bertz CT molecular complexity index is 1200. The Balaban J connectivity index is 2.19. The lowest BCUT2D eigenvalue weighted by atomic mass is 10.2. The molecule has 0 aliphatic carbocycles. The van der Waals surface area contributed by atoms with E-state index in [0.29, 0.717) is 15.8 Å². The Morgan fingerprint density at radius 2 is 2.00 bits per heavy atom. The topological polar surface area (TPSA) is 77.7 Å². The number of thiazole rings is 1. The van der Waals surface area contributed by atoms with Gasteiger partial charge in [-0.25, -0.2) is 4.79 Å². The van der Waals surface area contributed by atoms with Crippen LogP contribution < -0.4 is 4.80 Å². The van der Waals surface area contributed by atoms with E-state index in [1.165, 1.54) is 12.1 Å². The lowest BCUT2D eigenvalue weighted by Crippen LogP contribution is -2.16. The van der Waals surface area contributed by atoms with Crippen LogP contribution in [-0.4, -0.2) is 25.6 Å². The third kappa shape index (κ3) is 3.94. The summed E-state index contributed by atoms with van der Waals surface area (Å²) in [5.74, 6) is 2.07. The molecule has 0 N–H and O–H groups in total. The zero-order chi connectivity index (χ0) is 19.4. The predicted octanol–water partition coefficient (Wildman–Crippen LogP) is 2.80. The second kappa shape index (κ2) is 7.78. The molecule has 0 radical (unpaired) electrons. The molecule has 8 heteroatoms. The van der Waals surface area contributed by atoms with Crippen LogP contribution in [0.2, 0.25) is 0 Å². The molecule has 3 aromatic rings. The predicted molar refractivity (Wildman–Crippen MR) is 104 cm³/mol. The molecule has 0 bridgehead atoms. The maximum absolute atomic E-state index is 12.6. The van der Waals surface area contributed by atoms with Gasteiger partial charge in [0.25, 0.3) is 10.0 Å². The summed E-state index contributed by atoms with van der Waals surface area (Å²) in [5, 5.41) is 0. The molecule has 0 saturated heterocycles. The van der Waals surface area contributed by atoms with Gasteiger partial charge in [-0.05, 0) is 37.3 Å². The molecule has 1 heterocycles. The molecule has 0 fully saturated rings. The third-order valence-electron chi connectivity index (χ3n) is 3.68. The minimum absolute atomic E-state index is 0.0990. The number of fused-ring (bicyclic) bond motifs is 1. The number of carbonyl (C=O) groups is 1. The average molecular weight is 400 g/mol. The van der Waals surface area contributed by atoms with Crippen molar-refractivity contribution in [2.24, 2.45) is 4.40 Å². The maximum atomic E-state index is 12.6. The molecule has 6 nitrogen and oxygen atoms in total. The Morgan fingerprint density at radius 3 is 2.67 bits per heavy atom. The van der Waals surface area contributed by atoms with E-state index in [1.807, 2.05) is 0 Å². The average Bonchev–Trinajstić information content (AvgIpc) is 2.99. The van der Waals surface area contributed by atoms with Crippen molar-refractivity contribution in [3.63, 3.8) is 0 Å². The number of esters is 1. The van der Waals surface area contributed by atoms with Crippen molar-refractivity contribution in [3.05, 3.63) is 58.9 Å². The summed E-state index contributed by atoms with van der Waals surface area (Å²) < 4.78 is 36.5. The van der Waals surface area contributed by atoms with Gasteiger partial charge >= 0.3 is 5.97 Å². The summed E-state index contributed by atoms with van der Waals surface area (Å²) in [6.07, 6.45) is 5.44. The van der Waals surface area contributed by atoms with Crippen LogP contribution in [0.1, 0.15) is 17.3 Å². The number of benzene rings is 2. The minimum Gasteiger partial charge on any atom is -0.462 e. The Kier molecular flexibility index (Phi) is 5.44. The van der Waals surface area contributed by atoms with Crippen LogP contribution in [0.4, 0.5) is 0 Å². The van der Waals surface area contributed by atoms with Crippen LogP contribution in [0, 0.1) is 12.3 Å². The highest BCUT2D eigenvalue weighted by molar-refractivity contribution is 7.90. The highest BCUT2D eigenvalue weighted by Crippen LogP contribution is 2.21. The summed E-state index contributed by atoms with van der Waals surface area (Å²) >= 11 is 1.15. The first-order valence-electron chi connectivity index (χ1n) is 8.06. The zero-order valence-electron chi connectivity index (χ0n) is 14.5. The van der Waals surface area contributed by atoms with E-state index in [0.717, 1.165) is 11.3 Å². The number of terminal acetylenes is 1. The summed E-state index contributed by atoms with van der Waals surface area (Å²) in [7, 11) is -3.88. The molecule has 27 heavy (non-hydrogen) atoms.